The highest BCUT2D eigenvalue weighted by molar-refractivity contribution is 8.25. The van der Waals surface area contributed by atoms with E-state index >= 15 is 0 Å². The molecule has 5 heteroatoms. The van der Waals surface area contributed by atoms with E-state index in [1.807, 2.05) is 41.8 Å². The zero-order valence-corrected chi connectivity index (χ0v) is 11.0. The van der Waals surface area contributed by atoms with Crippen LogP contribution in [0.5, 0.6) is 0 Å². The van der Waals surface area contributed by atoms with Crippen LogP contribution < -0.4 is 0 Å². The standard InChI is InChI=1S/C12H8F2S3/c13-12(14)11(17-12,10-7-4-8-15-10)16-9-5-2-1-3-6-9/h1-8H. The van der Waals surface area contributed by atoms with Crippen molar-refractivity contribution in [3.8, 4) is 0 Å². The summed E-state index contributed by atoms with van der Waals surface area (Å²) in [7, 11) is 0. The number of halogens is 2. The fraction of sp³-hybridized carbons (Fsp3) is 0.167. The van der Waals surface area contributed by atoms with Gasteiger partial charge in [-0.15, -0.1) is 11.3 Å². The van der Waals surface area contributed by atoms with Gasteiger partial charge in [0.2, 0.25) is 0 Å². The van der Waals surface area contributed by atoms with Crippen LogP contribution in [0.15, 0.2) is 52.7 Å². The van der Waals surface area contributed by atoms with Gasteiger partial charge in [-0.25, -0.2) is 0 Å². The summed E-state index contributed by atoms with van der Waals surface area (Å²) < 4.78 is 26.2. The second-order valence-electron chi connectivity index (χ2n) is 3.63. The zero-order valence-electron chi connectivity index (χ0n) is 8.60. The smallest absolute Gasteiger partial charge is 0.191 e. The second-order valence-corrected chi connectivity index (χ2v) is 7.45. The van der Waals surface area contributed by atoms with Gasteiger partial charge in [-0.2, -0.15) is 8.78 Å². The Morgan fingerprint density at radius 2 is 1.71 bits per heavy atom. The molecule has 0 spiro atoms. The summed E-state index contributed by atoms with van der Waals surface area (Å²) in [4.78, 5) is 1.62. The average Bonchev–Trinajstić information content (AvgIpc) is 2.73. The largest absolute Gasteiger partial charge is 0.324 e. The molecule has 0 saturated carbocycles. The normalized spacial score (nSPS) is 25.8. The Labute approximate surface area is 110 Å². The first-order valence-electron chi connectivity index (χ1n) is 5.00. The van der Waals surface area contributed by atoms with Crippen molar-refractivity contribution in [3.05, 3.63) is 52.7 Å². The van der Waals surface area contributed by atoms with Gasteiger partial charge in [-0.05, 0) is 23.6 Å². The summed E-state index contributed by atoms with van der Waals surface area (Å²) in [6.45, 7) is 0. The third kappa shape index (κ3) is 1.90. The minimum absolute atomic E-state index is 0.734. The lowest BCUT2D eigenvalue weighted by Crippen LogP contribution is -2.10. The molecule has 0 radical (unpaired) electrons. The van der Waals surface area contributed by atoms with E-state index in [0.717, 1.165) is 21.5 Å². The van der Waals surface area contributed by atoms with Gasteiger partial charge in [0.25, 0.3) is 0 Å². The van der Waals surface area contributed by atoms with E-state index in [4.69, 9.17) is 0 Å². The molecule has 1 atom stereocenters. The molecule has 1 aliphatic rings. The predicted octanol–water partition coefficient (Wildman–Crippen LogP) is 5.03. The molecule has 0 nitrogen and oxygen atoms in total. The number of thioether (sulfide) groups is 2. The van der Waals surface area contributed by atoms with Gasteiger partial charge in [0.1, 0.15) is 0 Å². The maximum Gasteiger partial charge on any atom is 0.324 e. The molecule has 0 bridgehead atoms. The van der Waals surface area contributed by atoms with Crippen molar-refractivity contribution in [2.45, 2.75) is 14.2 Å². The Hall–Kier alpha value is -0.520. The summed E-state index contributed by atoms with van der Waals surface area (Å²) in [5, 5.41) is -0.823. The van der Waals surface area contributed by atoms with Crippen molar-refractivity contribution in [3.63, 3.8) is 0 Å². The van der Waals surface area contributed by atoms with Crippen LogP contribution in [0.4, 0.5) is 8.78 Å². The van der Waals surface area contributed by atoms with E-state index in [1.165, 1.54) is 23.1 Å². The summed E-state index contributed by atoms with van der Waals surface area (Å²) >= 11 is 3.37. The molecule has 1 unspecified atom stereocenters. The highest BCUT2D eigenvalue weighted by atomic mass is 32.2. The molecule has 0 amide bonds. The molecule has 1 aromatic carbocycles. The molecule has 88 valence electrons. The number of alkyl halides is 2. The van der Waals surface area contributed by atoms with Gasteiger partial charge in [0.15, 0.2) is 4.08 Å². The number of hydrogen-bond donors (Lipinski definition) is 0. The van der Waals surface area contributed by atoms with Crippen molar-refractivity contribution in [2.75, 3.05) is 0 Å². The molecule has 2 aromatic rings. The van der Waals surface area contributed by atoms with E-state index in [1.54, 1.807) is 6.07 Å². The summed E-state index contributed by atoms with van der Waals surface area (Å²) in [6.07, 6.45) is 0. The van der Waals surface area contributed by atoms with E-state index in [9.17, 15) is 8.78 Å². The molecule has 1 aromatic heterocycles. The number of thiophene rings is 1. The highest BCUT2D eigenvalue weighted by Crippen LogP contribution is 2.79. The molecule has 2 heterocycles. The Morgan fingerprint density at radius 3 is 2.24 bits per heavy atom. The number of rotatable bonds is 3. The Kier molecular flexibility index (Phi) is 2.72. The van der Waals surface area contributed by atoms with Gasteiger partial charge in [-0.1, -0.05) is 47.8 Å². The Bertz CT molecular complexity index is 510. The molecule has 0 aliphatic carbocycles. The summed E-state index contributed by atoms with van der Waals surface area (Å²) in [6, 6.07) is 13.0. The van der Waals surface area contributed by atoms with Crippen LogP contribution in [0.25, 0.3) is 0 Å². The van der Waals surface area contributed by atoms with Crippen LogP contribution in [0.1, 0.15) is 4.88 Å². The summed E-state index contributed by atoms with van der Waals surface area (Å²) in [5.41, 5.74) is 0. The van der Waals surface area contributed by atoms with E-state index in [2.05, 4.69) is 0 Å². The number of hydrogen-bond acceptors (Lipinski definition) is 3. The molecule has 1 saturated heterocycles. The molecule has 0 N–H and O–H groups in total. The zero-order chi connectivity index (χ0) is 11.9. The van der Waals surface area contributed by atoms with Crippen molar-refractivity contribution < 1.29 is 8.78 Å². The number of benzene rings is 1. The third-order valence-corrected chi connectivity index (χ3v) is 6.73. The second kappa shape index (κ2) is 4.00. The summed E-state index contributed by atoms with van der Waals surface area (Å²) in [5.74, 6) is 0. The van der Waals surface area contributed by atoms with Gasteiger partial charge in [-0.3, -0.25) is 0 Å². The Balaban J connectivity index is 1.94. The van der Waals surface area contributed by atoms with Crippen molar-refractivity contribution >= 4 is 34.9 Å². The van der Waals surface area contributed by atoms with Crippen molar-refractivity contribution in [1.82, 2.24) is 0 Å². The minimum atomic E-state index is -2.67. The van der Waals surface area contributed by atoms with Crippen LogP contribution in [0, 0.1) is 0 Å². The maximum atomic E-state index is 13.6. The minimum Gasteiger partial charge on any atom is -0.191 e. The monoisotopic (exact) mass is 286 g/mol. The van der Waals surface area contributed by atoms with E-state index in [0.29, 0.717) is 0 Å². The molecular weight excluding hydrogens is 278 g/mol. The first-order valence-corrected chi connectivity index (χ1v) is 7.51. The van der Waals surface area contributed by atoms with Gasteiger partial charge in [0.05, 0.1) is 0 Å². The SMILES string of the molecule is FC1(F)SC1(Sc1ccccc1)c1cccs1. The molecule has 17 heavy (non-hydrogen) atoms. The molecule has 1 aliphatic heterocycles. The van der Waals surface area contributed by atoms with Crippen molar-refractivity contribution in [2.24, 2.45) is 0 Å². The average molecular weight is 286 g/mol. The first-order chi connectivity index (χ1) is 8.14. The molecule has 3 rings (SSSR count). The van der Waals surface area contributed by atoms with Crippen LogP contribution in [-0.4, -0.2) is 5.25 Å². The van der Waals surface area contributed by atoms with Gasteiger partial charge in [0, 0.05) is 9.77 Å². The fourth-order valence-corrected chi connectivity index (χ4v) is 5.34. The van der Waals surface area contributed by atoms with Crippen LogP contribution >= 0.6 is 34.9 Å². The fourth-order valence-electron chi connectivity index (χ4n) is 1.60. The lowest BCUT2D eigenvalue weighted by molar-refractivity contribution is 0.136. The molecular formula is C12H8F2S3. The van der Waals surface area contributed by atoms with Crippen molar-refractivity contribution in [1.29, 1.82) is 0 Å². The Morgan fingerprint density at radius 1 is 1.00 bits per heavy atom. The van der Waals surface area contributed by atoms with E-state index in [-0.39, 0.29) is 0 Å². The third-order valence-electron chi connectivity index (χ3n) is 2.46. The first kappa shape index (κ1) is 11.6. The molecule has 1 fully saturated rings. The topological polar surface area (TPSA) is 0 Å². The highest BCUT2D eigenvalue weighted by Gasteiger charge is 2.75. The lowest BCUT2D eigenvalue weighted by Gasteiger charge is -2.11. The van der Waals surface area contributed by atoms with E-state index < -0.39 is 9.33 Å². The maximum absolute atomic E-state index is 13.6. The predicted molar refractivity (Wildman–Crippen MR) is 70.8 cm³/mol. The quantitative estimate of drug-likeness (QED) is 0.726. The van der Waals surface area contributed by atoms with Crippen LogP contribution in [-0.2, 0) is 4.08 Å². The van der Waals surface area contributed by atoms with Gasteiger partial charge >= 0.3 is 5.25 Å². The van der Waals surface area contributed by atoms with Gasteiger partial charge < -0.3 is 0 Å². The van der Waals surface area contributed by atoms with Crippen LogP contribution in [0.3, 0.4) is 0 Å². The van der Waals surface area contributed by atoms with Crippen LogP contribution in [0.2, 0.25) is 0 Å². The lowest BCUT2D eigenvalue weighted by atomic mass is 10.3.